The predicted molar refractivity (Wildman–Crippen MR) is 113 cm³/mol. The van der Waals surface area contributed by atoms with Crippen molar-refractivity contribution < 1.29 is 9.59 Å². The van der Waals surface area contributed by atoms with E-state index in [9.17, 15) is 14.9 Å². The van der Waals surface area contributed by atoms with Gasteiger partial charge in [-0.2, -0.15) is 5.26 Å². The molecule has 2 heterocycles. The first-order chi connectivity index (χ1) is 14.1. The van der Waals surface area contributed by atoms with Gasteiger partial charge in [0, 0.05) is 34.7 Å². The Kier molecular flexibility index (Phi) is 5.26. The Labute approximate surface area is 173 Å². The zero-order chi connectivity index (χ0) is 20.4. The fourth-order valence-corrected chi connectivity index (χ4v) is 4.72. The molecule has 5 nitrogen and oxygen atoms in total. The van der Waals surface area contributed by atoms with Crippen molar-refractivity contribution in [3.8, 4) is 6.07 Å². The van der Waals surface area contributed by atoms with E-state index in [4.69, 9.17) is 0 Å². The number of carbonyl (C=O) groups is 2. The van der Waals surface area contributed by atoms with Crippen LogP contribution < -0.4 is 5.32 Å². The summed E-state index contributed by atoms with van der Waals surface area (Å²) in [6.45, 7) is 1.70. The number of hydrogen-bond donors (Lipinski definition) is 1. The maximum absolute atomic E-state index is 12.7. The summed E-state index contributed by atoms with van der Waals surface area (Å²) in [4.78, 5) is 28.5. The molecule has 3 aromatic rings. The topological polar surface area (TPSA) is 73.2 Å². The Morgan fingerprint density at radius 1 is 1.03 bits per heavy atom. The molecule has 6 heteroatoms. The smallest absolute Gasteiger partial charge is 0.256 e. The number of rotatable bonds is 4. The number of hydrogen-bond acceptors (Lipinski definition) is 5. The van der Waals surface area contributed by atoms with Crippen molar-refractivity contribution in [3.63, 3.8) is 0 Å². The molecule has 1 amide bonds. The number of nitriles is 1. The molecule has 0 aliphatic carbocycles. The van der Waals surface area contributed by atoms with E-state index in [1.165, 1.54) is 11.3 Å². The number of thiophene rings is 1. The maximum Gasteiger partial charge on any atom is 0.256 e. The van der Waals surface area contributed by atoms with E-state index in [2.05, 4.69) is 16.3 Å². The predicted octanol–water partition coefficient (Wildman–Crippen LogP) is 4.09. The number of likely N-dealkylation sites (N-methyl/N-ethyl adjacent to an activating group) is 1. The lowest BCUT2D eigenvalue weighted by molar-refractivity contribution is 0.102. The number of benzene rings is 2. The molecular weight excluding hydrogens is 382 g/mol. The van der Waals surface area contributed by atoms with E-state index in [1.54, 1.807) is 36.4 Å². The first-order valence-electron chi connectivity index (χ1n) is 9.31. The lowest BCUT2D eigenvalue weighted by atomic mass is 10.0. The monoisotopic (exact) mass is 401 g/mol. The Morgan fingerprint density at radius 3 is 2.38 bits per heavy atom. The van der Waals surface area contributed by atoms with Crippen LogP contribution in [0.3, 0.4) is 0 Å². The summed E-state index contributed by atoms with van der Waals surface area (Å²) in [6.07, 6.45) is 0.817. The molecule has 4 rings (SSSR count). The summed E-state index contributed by atoms with van der Waals surface area (Å²) in [5, 5.41) is 13.1. The fourth-order valence-electron chi connectivity index (χ4n) is 3.44. The largest absolute Gasteiger partial charge is 0.312 e. The van der Waals surface area contributed by atoms with Gasteiger partial charge in [-0.3, -0.25) is 9.59 Å². The zero-order valence-corrected chi connectivity index (χ0v) is 16.8. The molecule has 0 saturated carbocycles. The van der Waals surface area contributed by atoms with Crippen molar-refractivity contribution >= 4 is 28.0 Å². The number of fused-ring (bicyclic) bond motifs is 1. The third-order valence-electron chi connectivity index (χ3n) is 5.03. The second-order valence-electron chi connectivity index (χ2n) is 7.03. The van der Waals surface area contributed by atoms with Crippen LogP contribution in [0.25, 0.3) is 0 Å². The third-order valence-corrected chi connectivity index (χ3v) is 6.16. The highest BCUT2D eigenvalue weighted by atomic mass is 32.1. The molecule has 0 saturated heterocycles. The molecule has 0 bridgehead atoms. The van der Waals surface area contributed by atoms with E-state index in [0.29, 0.717) is 27.3 Å². The molecule has 144 valence electrons. The van der Waals surface area contributed by atoms with Crippen molar-refractivity contribution in [1.29, 1.82) is 5.26 Å². The van der Waals surface area contributed by atoms with Gasteiger partial charge in [0.25, 0.3) is 5.91 Å². The fraction of sp³-hybridized carbons (Fsp3) is 0.174. The van der Waals surface area contributed by atoms with Crippen molar-refractivity contribution in [2.45, 2.75) is 13.0 Å². The van der Waals surface area contributed by atoms with E-state index in [-0.39, 0.29) is 11.7 Å². The molecule has 1 aliphatic rings. The minimum atomic E-state index is -0.285. The Balaban J connectivity index is 1.53. The average Bonchev–Trinajstić information content (AvgIpc) is 3.09. The second-order valence-corrected chi connectivity index (χ2v) is 8.14. The van der Waals surface area contributed by atoms with E-state index >= 15 is 0 Å². The van der Waals surface area contributed by atoms with Gasteiger partial charge < -0.3 is 10.2 Å². The van der Waals surface area contributed by atoms with Gasteiger partial charge in [-0.1, -0.05) is 42.5 Å². The van der Waals surface area contributed by atoms with Crippen molar-refractivity contribution in [2.24, 2.45) is 0 Å². The van der Waals surface area contributed by atoms with Crippen molar-refractivity contribution in [2.75, 3.05) is 18.9 Å². The van der Waals surface area contributed by atoms with Gasteiger partial charge in [0.2, 0.25) is 0 Å². The third kappa shape index (κ3) is 3.83. The SMILES string of the molecule is CN1CCc2c(sc(NC(=O)c3ccc(C(=O)c4ccccc4)cc3)c2C#N)C1. The highest BCUT2D eigenvalue weighted by Crippen LogP contribution is 2.36. The lowest BCUT2D eigenvalue weighted by Crippen LogP contribution is -2.25. The van der Waals surface area contributed by atoms with Crippen LogP contribution >= 0.6 is 11.3 Å². The molecule has 0 spiro atoms. The normalized spacial score (nSPS) is 13.4. The zero-order valence-electron chi connectivity index (χ0n) is 15.9. The standard InChI is InChI=1S/C23H19N3O2S/c1-26-12-11-18-19(13-24)23(29-20(18)14-26)25-22(28)17-9-7-16(8-10-17)21(27)15-5-3-2-4-6-15/h2-10H,11-12,14H2,1H3,(H,25,28). The van der Waals surface area contributed by atoms with Crippen LogP contribution in [0, 0.1) is 11.3 Å². The minimum absolute atomic E-state index is 0.0839. The molecular formula is C23H19N3O2S. The Hall–Kier alpha value is -3.27. The van der Waals surface area contributed by atoms with Crippen LogP contribution in [-0.2, 0) is 13.0 Å². The number of nitrogens with zero attached hydrogens (tertiary/aromatic N) is 2. The van der Waals surface area contributed by atoms with Crippen LogP contribution in [0.1, 0.15) is 42.3 Å². The molecule has 0 unspecified atom stereocenters. The summed E-state index contributed by atoms with van der Waals surface area (Å²) in [5.41, 5.74) is 3.21. The van der Waals surface area contributed by atoms with Crippen LogP contribution in [-0.4, -0.2) is 30.2 Å². The number of amides is 1. The maximum atomic E-state index is 12.7. The van der Waals surface area contributed by atoms with Gasteiger partial charge in [0.15, 0.2) is 5.78 Å². The molecule has 2 aromatic carbocycles. The number of nitrogens with one attached hydrogen (secondary N) is 1. The molecule has 0 fully saturated rings. The van der Waals surface area contributed by atoms with Gasteiger partial charge in [-0.15, -0.1) is 11.3 Å². The number of ketones is 1. The van der Waals surface area contributed by atoms with Gasteiger partial charge in [0.05, 0.1) is 5.56 Å². The minimum Gasteiger partial charge on any atom is -0.312 e. The Morgan fingerprint density at radius 2 is 1.69 bits per heavy atom. The number of anilines is 1. The first kappa shape index (κ1) is 19.1. The van der Waals surface area contributed by atoms with Crippen LogP contribution in [0.15, 0.2) is 54.6 Å². The van der Waals surface area contributed by atoms with E-state index in [0.717, 1.165) is 30.0 Å². The first-order valence-corrected chi connectivity index (χ1v) is 10.1. The van der Waals surface area contributed by atoms with Gasteiger partial charge in [-0.05, 0) is 31.2 Å². The summed E-state index contributed by atoms with van der Waals surface area (Å²) < 4.78 is 0. The summed E-state index contributed by atoms with van der Waals surface area (Å²) in [7, 11) is 2.05. The van der Waals surface area contributed by atoms with Crippen LogP contribution in [0.2, 0.25) is 0 Å². The summed E-state index contributed by atoms with van der Waals surface area (Å²) in [6, 6.07) is 17.9. The molecule has 1 N–H and O–H groups in total. The van der Waals surface area contributed by atoms with Crippen molar-refractivity contribution in [3.05, 3.63) is 87.3 Å². The highest BCUT2D eigenvalue weighted by molar-refractivity contribution is 7.16. The number of carbonyl (C=O) groups excluding carboxylic acids is 2. The molecule has 1 aliphatic heterocycles. The van der Waals surface area contributed by atoms with Crippen molar-refractivity contribution in [1.82, 2.24) is 4.90 Å². The second kappa shape index (κ2) is 8.00. The quantitative estimate of drug-likeness (QED) is 0.668. The lowest BCUT2D eigenvalue weighted by Gasteiger charge is -2.21. The van der Waals surface area contributed by atoms with Crippen LogP contribution in [0.4, 0.5) is 5.00 Å². The molecule has 1 aromatic heterocycles. The summed E-state index contributed by atoms with van der Waals surface area (Å²) >= 11 is 1.47. The van der Waals surface area contributed by atoms with Gasteiger partial charge in [-0.25, -0.2) is 0 Å². The van der Waals surface area contributed by atoms with E-state index in [1.807, 2.05) is 25.2 Å². The van der Waals surface area contributed by atoms with Crippen LogP contribution in [0.5, 0.6) is 0 Å². The Bertz CT molecular complexity index is 1110. The highest BCUT2D eigenvalue weighted by Gasteiger charge is 2.24. The average molecular weight is 401 g/mol. The molecule has 0 radical (unpaired) electrons. The molecule has 0 atom stereocenters. The molecule has 29 heavy (non-hydrogen) atoms. The van der Waals surface area contributed by atoms with Gasteiger partial charge in [0.1, 0.15) is 11.1 Å². The van der Waals surface area contributed by atoms with Gasteiger partial charge >= 0.3 is 0 Å². The van der Waals surface area contributed by atoms with E-state index < -0.39 is 0 Å². The summed E-state index contributed by atoms with van der Waals surface area (Å²) in [5.74, 6) is -0.369.